The summed E-state index contributed by atoms with van der Waals surface area (Å²) in [6, 6.07) is 9.92. The Hall–Kier alpha value is -2.37. The zero-order valence-electron chi connectivity index (χ0n) is 10.4. The maximum Gasteiger partial charge on any atom is 0.573 e. The molecule has 0 saturated carbocycles. The molecule has 0 atom stereocenters. The molecule has 0 radical (unpaired) electrons. The molecule has 0 aliphatic carbocycles. The van der Waals surface area contributed by atoms with Gasteiger partial charge in [0.05, 0.1) is 7.11 Å². The molecule has 0 fully saturated rings. The Morgan fingerprint density at radius 1 is 1.00 bits per heavy atom. The molecule has 0 amide bonds. The lowest BCUT2D eigenvalue weighted by molar-refractivity contribution is -0.274. The number of para-hydroxylation sites is 1. The Kier molecular flexibility index (Phi) is 3.74. The number of phenols is 1. The van der Waals surface area contributed by atoms with Crippen LogP contribution in [0.15, 0.2) is 42.5 Å². The van der Waals surface area contributed by atoms with Crippen LogP contribution in [-0.4, -0.2) is 18.6 Å². The number of halogens is 3. The summed E-state index contributed by atoms with van der Waals surface area (Å²) < 4.78 is 45.9. The predicted octanol–water partition coefficient (Wildman–Crippen LogP) is 3.97. The third-order valence-corrected chi connectivity index (χ3v) is 2.61. The lowest BCUT2D eigenvalue weighted by atomic mass is 10.0. The monoisotopic (exact) mass is 284 g/mol. The highest BCUT2D eigenvalue weighted by Crippen LogP contribution is 2.39. The molecule has 0 aromatic heterocycles. The molecule has 20 heavy (non-hydrogen) atoms. The molecule has 0 saturated heterocycles. The van der Waals surface area contributed by atoms with Crippen molar-refractivity contribution in [3.8, 4) is 28.4 Å². The summed E-state index contributed by atoms with van der Waals surface area (Å²) in [5.41, 5.74) is 0.371. The fourth-order valence-corrected chi connectivity index (χ4v) is 1.77. The molecular formula is C14H11F3O3. The van der Waals surface area contributed by atoms with Gasteiger partial charge in [-0.3, -0.25) is 0 Å². The third-order valence-electron chi connectivity index (χ3n) is 2.61. The summed E-state index contributed by atoms with van der Waals surface area (Å²) in [4.78, 5) is 0. The van der Waals surface area contributed by atoms with E-state index >= 15 is 0 Å². The SMILES string of the molecule is COc1ccc(-c2ccccc2OC(F)(F)F)c(O)c1. The van der Waals surface area contributed by atoms with Crippen LogP contribution < -0.4 is 9.47 Å². The zero-order chi connectivity index (χ0) is 14.8. The minimum Gasteiger partial charge on any atom is -0.507 e. The Labute approximate surface area is 113 Å². The molecule has 0 spiro atoms. The predicted molar refractivity (Wildman–Crippen MR) is 66.8 cm³/mol. The van der Waals surface area contributed by atoms with Gasteiger partial charge in [-0.15, -0.1) is 13.2 Å². The number of alkyl halides is 3. The number of hydrogen-bond donors (Lipinski definition) is 1. The van der Waals surface area contributed by atoms with Gasteiger partial charge < -0.3 is 14.6 Å². The van der Waals surface area contributed by atoms with Crippen LogP contribution in [-0.2, 0) is 0 Å². The molecule has 3 nitrogen and oxygen atoms in total. The Balaban J connectivity index is 2.47. The van der Waals surface area contributed by atoms with E-state index in [4.69, 9.17) is 4.74 Å². The van der Waals surface area contributed by atoms with Crippen molar-refractivity contribution < 1.29 is 27.8 Å². The number of hydrogen-bond acceptors (Lipinski definition) is 3. The van der Waals surface area contributed by atoms with Crippen LogP contribution in [0.4, 0.5) is 13.2 Å². The van der Waals surface area contributed by atoms with Gasteiger partial charge in [0.15, 0.2) is 0 Å². The van der Waals surface area contributed by atoms with Gasteiger partial charge in [0, 0.05) is 17.2 Å². The Bertz CT molecular complexity index is 609. The fraction of sp³-hybridized carbons (Fsp3) is 0.143. The third kappa shape index (κ3) is 3.14. The molecule has 0 bridgehead atoms. The maximum absolute atomic E-state index is 12.4. The lowest BCUT2D eigenvalue weighted by Gasteiger charge is -2.14. The van der Waals surface area contributed by atoms with Gasteiger partial charge in [-0.05, 0) is 18.2 Å². The van der Waals surface area contributed by atoms with Crippen molar-refractivity contribution in [2.75, 3.05) is 7.11 Å². The van der Waals surface area contributed by atoms with E-state index in [1.54, 1.807) is 12.1 Å². The number of aromatic hydroxyl groups is 1. The molecule has 6 heteroatoms. The number of methoxy groups -OCH3 is 1. The quantitative estimate of drug-likeness (QED) is 0.927. The van der Waals surface area contributed by atoms with Crippen LogP contribution in [0.25, 0.3) is 11.1 Å². The first-order valence-electron chi connectivity index (χ1n) is 5.63. The van der Waals surface area contributed by atoms with Gasteiger partial charge in [0.25, 0.3) is 0 Å². The Morgan fingerprint density at radius 3 is 2.30 bits per heavy atom. The molecule has 0 unspecified atom stereocenters. The molecule has 2 rings (SSSR count). The summed E-state index contributed by atoms with van der Waals surface area (Å²) in [5, 5.41) is 9.88. The van der Waals surface area contributed by atoms with E-state index in [0.717, 1.165) is 0 Å². The maximum atomic E-state index is 12.4. The minimum atomic E-state index is -4.79. The van der Waals surface area contributed by atoms with E-state index in [0.29, 0.717) is 5.75 Å². The second-order valence-electron chi connectivity index (χ2n) is 3.93. The van der Waals surface area contributed by atoms with Crippen molar-refractivity contribution in [2.45, 2.75) is 6.36 Å². The summed E-state index contributed by atoms with van der Waals surface area (Å²) in [6.07, 6.45) is -4.79. The minimum absolute atomic E-state index is 0.143. The average molecular weight is 284 g/mol. The van der Waals surface area contributed by atoms with E-state index in [2.05, 4.69) is 4.74 Å². The summed E-state index contributed by atoms with van der Waals surface area (Å²) >= 11 is 0. The van der Waals surface area contributed by atoms with Gasteiger partial charge >= 0.3 is 6.36 Å². The van der Waals surface area contributed by atoms with Gasteiger partial charge in [0.1, 0.15) is 17.2 Å². The number of benzene rings is 2. The average Bonchev–Trinajstić information content (AvgIpc) is 2.38. The van der Waals surface area contributed by atoms with Crippen LogP contribution in [0, 0.1) is 0 Å². The summed E-state index contributed by atoms with van der Waals surface area (Å²) in [6.45, 7) is 0. The number of rotatable bonds is 3. The van der Waals surface area contributed by atoms with Crippen LogP contribution >= 0.6 is 0 Å². The van der Waals surface area contributed by atoms with Crippen molar-refractivity contribution in [2.24, 2.45) is 0 Å². The van der Waals surface area contributed by atoms with E-state index < -0.39 is 6.36 Å². The van der Waals surface area contributed by atoms with Crippen molar-refractivity contribution in [3.63, 3.8) is 0 Å². The number of ether oxygens (including phenoxy) is 2. The molecule has 106 valence electrons. The van der Waals surface area contributed by atoms with Gasteiger partial charge in [0.2, 0.25) is 0 Å². The van der Waals surface area contributed by atoms with E-state index in [1.165, 1.54) is 37.4 Å². The second-order valence-corrected chi connectivity index (χ2v) is 3.93. The smallest absolute Gasteiger partial charge is 0.507 e. The molecule has 2 aromatic carbocycles. The first-order valence-corrected chi connectivity index (χ1v) is 5.63. The van der Waals surface area contributed by atoms with Crippen molar-refractivity contribution >= 4 is 0 Å². The molecule has 0 heterocycles. The van der Waals surface area contributed by atoms with Crippen molar-refractivity contribution in [1.82, 2.24) is 0 Å². The Morgan fingerprint density at radius 2 is 1.70 bits per heavy atom. The van der Waals surface area contributed by atoms with Crippen LogP contribution in [0.5, 0.6) is 17.2 Å². The fourth-order valence-electron chi connectivity index (χ4n) is 1.77. The van der Waals surface area contributed by atoms with Crippen LogP contribution in [0.1, 0.15) is 0 Å². The summed E-state index contributed by atoms with van der Waals surface area (Å²) in [5.74, 6) is -0.163. The standard InChI is InChI=1S/C14H11F3O3/c1-19-9-6-7-10(12(18)8-9)11-4-2-3-5-13(11)20-14(15,16)17/h2-8,18H,1H3. The van der Waals surface area contributed by atoms with E-state index in [1.807, 2.05) is 0 Å². The normalized spacial score (nSPS) is 11.2. The largest absolute Gasteiger partial charge is 0.573 e. The molecule has 2 aromatic rings. The molecular weight excluding hydrogens is 273 g/mol. The van der Waals surface area contributed by atoms with E-state index in [-0.39, 0.29) is 22.6 Å². The highest BCUT2D eigenvalue weighted by molar-refractivity contribution is 5.76. The number of phenolic OH excluding ortho intramolecular Hbond substituents is 1. The van der Waals surface area contributed by atoms with Gasteiger partial charge in [-0.2, -0.15) is 0 Å². The highest BCUT2D eigenvalue weighted by Gasteiger charge is 2.32. The lowest BCUT2D eigenvalue weighted by Crippen LogP contribution is -2.17. The van der Waals surface area contributed by atoms with Gasteiger partial charge in [-0.25, -0.2) is 0 Å². The topological polar surface area (TPSA) is 38.7 Å². The first-order chi connectivity index (χ1) is 9.40. The van der Waals surface area contributed by atoms with Crippen LogP contribution in [0.2, 0.25) is 0 Å². The van der Waals surface area contributed by atoms with Gasteiger partial charge in [-0.1, -0.05) is 18.2 Å². The highest BCUT2D eigenvalue weighted by atomic mass is 19.4. The molecule has 0 aliphatic rings. The first kappa shape index (κ1) is 14.0. The van der Waals surface area contributed by atoms with Crippen molar-refractivity contribution in [1.29, 1.82) is 0 Å². The molecule has 0 aliphatic heterocycles. The second kappa shape index (κ2) is 5.32. The summed E-state index contributed by atoms with van der Waals surface area (Å²) in [7, 11) is 1.43. The molecule has 1 N–H and O–H groups in total. The van der Waals surface area contributed by atoms with Crippen molar-refractivity contribution in [3.05, 3.63) is 42.5 Å². The zero-order valence-corrected chi connectivity index (χ0v) is 10.4. The van der Waals surface area contributed by atoms with Crippen LogP contribution in [0.3, 0.4) is 0 Å². The van der Waals surface area contributed by atoms with E-state index in [9.17, 15) is 18.3 Å².